The largest absolute Gasteiger partial charge is 0.495 e. The maximum atomic E-state index is 14.6. The van der Waals surface area contributed by atoms with Crippen LogP contribution in [0.2, 0.25) is 0 Å². The first-order valence-corrected chi connectivity index (χ1v) is 16.9. The molecule has 0 heterocycles. The van der Waals surface area contributed by atoms with Crippen molar-refractivity contribution >= 4 is 43.5 Å². The van der Waals surface area contributed by atoms with E-state index < -0.39 is 28.5 Å². The Hall–Kier alpha value is -4.15. The molecule has 4 rings (SSSR count). The minimum Gasteiger partial charge on any atom is -0.495 e. The lowest BCUT2D eigenvalue weighted by atomic mass is 10.0. The molecule has 8 nitrogen and oxygen atoms in total. The highest BCUT2D eigenvalue weighted by molar-refractivity contribution is 9.10. The summed E-state index contributed by atoms with van der Waals surface area (Å²) < 4.78 is 35.9. The van der Waals surface area contributed by atoms with Crippen LogP contribution in [-0.2, 0) is 32.6 Å². The van der Waals surface area contributed by atoms with Gasteiger partial charge >= 0.3 is 0 Å². The number of benzene rings is 4. The van der Waals surface area contributed by atoms with Gasteiger partial charge in [-0.3, -0.25) is 13.9 Å². The van der Waals surface area contributed by atoms with Crippen molar-refractivity contribution in [2.24, 2.45) is 0 Å². The van der Waals surface area contributed by atoms with Crippen molar-refractivity contribution < 1.29 is 22.7 Å². The van der Waals surface area contributed by atoms with Gasteiger partial charge in [-0.1, -0.05) is 89.6 Å². The summed E-state index contributed by atoms with van der Waals surface area (Å²) in [6.45, 7) is 3.76. The van der Waals surface area contributed by atoms with E-state index in [1.165, 1.54) is 24.1 Å². The standard InChI is InChI=1S/C35H38BrN3O5S/c1-4-20-37-35(41)32(23-27-12-7-5-8-13-27)38(24-28-14-11-15-29(36)22-28)34(40)25-39(31-21-26(2)18-19-33(31)44-3)45(42,43)30-16-9-6-10-17-30/h5-19,21-22,32H,4,20,23-25H2,1-3H3,(H,37,41)/t32-/m1/s1. The Morgan fingerprint density at radius 2 is 1.56 bits per heavy atom. The summed E-state index contributed by atoms with van der Waals surface area (Å²) in [4.78, 5) is 29.8. The topological polar surface area (TPSA) is 96.0 Å². The van der Waals surface area contributed by atoms with Crippen molar-refractivity contribution in [1.29, 1.82) is 0 Å². The molecule has 1 atom stereocenters. The van der Waals surface area contributed by atoms with Crippen molar-refractivity contribution in [3.63, 3.8) is 0 Å². The number of aryl methyl sites for hydroxylation is 1. The predicted octanol–water partition coefficient (Wildman–Crippen LogP) is 6.13. The first kappa shape index (κ1) is 33.7. The molecular formula is C35H38BrN3O5S. The summed E-state index contributed by atoms with van der Waals surface area (Å²) in [6.07, 6.45) is 0.967. The molecule has 0 spiro atoms. The number of rotatable bonds is 14. The second kappa shape index (κ2) is 15.7. The molecule has 0 aliphatic carbocycles. The maximum absolute atomic E-state index is 14.6. The van der Waals surface area contributed by atoms with Gasteiger partial charge in [0.1, 0.15) is 18.3 Å². The lowest BCUT2D eigenvalue weighted by Crippen LogP contribution is -2.53. The second-order valence-electron chi connectivity index (χ2n) is 10.6. The first-order valence-electron chi connectivity index (χ1n) is 14.7. The average molecular weight is 693 g/mol. The fourth-order valence-electron chi connectivity index (χ4n) is 4.98. The molecule has 0 aliphatic rings. The van der Waals surface area contributed by atoms with Gasteiger partial charge in [0, 0.05) is 24.0 Å². The predicted molar refractivity (Wildman–Crippen MR) is 181 cm³/mol. The number of hydrogen-bond acceptors (Lipinski definition) is 5. The number of nitrogens with one attached hydrogen (secondary N) is 1. The van der Waals surface area contributed by atoms with Gasteiger partial charge in [-0.05, 0) is 66.4 Å². The maximum Gasteiger partial charge on any atom is 0.264 e. The van der Waals surface area contributed by atoms with E-state index in [1.807, 2.05) is 74.5 Å². The molecule has 0 fully saturated rings. The van der Waals surface area contributed by atoms with E-state index in [-0.39, 0.29) is 29.5 Å². The van der Waals surface area contributed by atoms with Crippen molar-refractivity contribution in [2.75, 3.05) is 24.5 Å². The molecular weight excluding hydrogens is 654 g/mol. The Labute approximate surface area is 274 Å². The van der Waals surface area contributed by atoms with Crippen LogP contribution in [0.25, 0.3) is 0 Å². The highest BCUT2D eigenvalue weighted by Gasteiger charge is 2.35. The molecule has 0 saturated carbocycles. The zero-order valence-corrected chi connectivity index (χ0v) is 28.1. The molecule has 0 saturated heterocycles. The van der Waals surface area contributed by atoms with Crippen molar-refractivity contribution in [3.05, 3.63) is 124 Å². The molecule has 236 valence electrons. The number of amides is 2. The number of sulfonamides is 1. The van der Waals surface area contributed by atoms with Crippen molar-refractivity contribution in [2.45, 2.75) is 44.2 Å². The smallest absolute Gasteiger partial charge is 0.264 e. The third kappa shape index (κ3) is 8.73. The average Bonchev–Trinajstić information content (AvgIpc) is 3.04. The molecule has 45 heavy (non-hydrogen) atoms. The number of carbonyl (C=O) groups excluding carboxylic acids is 2. The lowest BCUT2D eigenvalue weighted by Gasteiger charge is -2.34. The second-order valence-corrected chi connectivity index (χ2v) is 13.4. The van der Waals surface area contributed by atoms with Crippen LogP contribution in [0.4, 0.5) is 5.69 Å². The van der Waals surface area contributed by atoms with E-state index in [9.17, 15) is 18.0 Å². The van der Waals surface area contributed by atoms with E-state index in [4.69, 9.17) is 4.74 Å². The highest BCUT2D eigenvalue weighted by atomic mass is 79.9. The molecule has 0 aliphatic heterocycles. The van der Waals surface area contributed by atoms with Crippen LogP contribution in [0.3, 0.4) is 0 Å². The van der Waals surface area contributed by atoms with Gasteiger partial charge in [-0.2, -0.15) is 0 Å². The van der Waals surface area contributed by atoms with Crippen LogP contribution >= 0.6 is 15.9 Å². The molecule has 0 aromatic heterocycles. The SMILES string of the molecule is CCCNC(=O)[C@@H](Cc1ccccc1)N(Cc1cccc(Br)c1)C(=O)CN(c1cc(C)ccc1OC)S(=O)(=O)c1ccccc1. The first-order chi connectivity index (χ1) is 21.6. The Bertz CT molecular complexity index is 1700. The molecule has 4 aromatic carbocycles. The summed E-state index contributed by atoms with van der Waals surface area (Å²) in [7, 11) is -2.78. The fourth-order valence-corrected chi connectivity index (χ4v) is 6.86. The molecule has 10 heteroatoms. The van der Waals surface area contributed by atoms with Crippen LogP contribution in [0, 0.1) is 6.92 Å². The minimum absolute atomic E-state index is 0.0291. The van der Waals surface area contributed by atoms with Gasteiger partial charge in [0.15, 0.2) is 0 Å². The van der Waals surface area contributed by atoms with Crippen LogP contribution < -0.4 is 14.4 Å². The normalized spacial score (nSPS) is 11.8. The molecule has 0 bridgehead atoms. The number of anilines is 1. The fraction of sp³-hybridized carbons (Fsp3) is 0.257. The van der Waals surface area contributed by atoms with Gasteiger partial charge in [-0.15, -0.1) is 0 Å². The summed E-state index contributed by atoms with van der Waals surface area (Å²) in [5.74, 6) is -0.548. The summed E-state index contributed by atoms with van der Waals surface area (Å²) in [6, 6.07) is 29.2. The quantitative estimate of drug-likeness (QED) is 0.172. The van der Waals surface area contributed by atoms with E-state index in [1.54, 1.807) is 30.3 Å². The summed E-state index contributed by atoms with van der Waals surface area (Å²) in [5.41, 5.74) is 2.67. The Morgan fingerprint density at radius 1 is 0.889 bits per heavy atom. The summed E-state index contributed by atoms with van der Waals surface area (Å²) in [5, 5.41) is 2.96. The van der Waals surface area contributed by atoms with E-state index in [0.717, 1.165) is 31.9 Å². The van der Waals surface area contributed by atoms with Gasteiger partial charge in [-0.25, -0.2) is 8.42 Å². The number of ether oxygens (including phenoxy) is 1. The Balaban J connectivity index is 1.84. The highest BCUT2D eigenvalue weighted by Crippen LogP contribution is 2.34. The van der Waals surface area contributed by atoms with Crippen LogP contribution in [0.1, 0.15) is 30.0 Å². The van der Waals surface area contributed by atoms with Gasteiger partial charge in [0.05, 0.1) is 17.7 Å². The van der Waals surface area contributed by atoms with Crippen LogP contribution in [-0.4, -0.2) is 51.4 Å². The molecule has 1 N–H and O–H groups in total. The lowest BCUT2D eigenvalue weighted by molar-refractivity contribution is -0.140. The van der Waals surface area contributed by atoms with Crippen molar-refractivity contribution in [3.8, 4) is 5.75 Å². The number of nitrogens with zero attached hydrogens (tertiary/aromatic N) is 2. The number of carbonyl (C=O) groups is 2. The molecule has 4 aromatic rings. The zero-order chi connectivity index (χ0) is 32.4. The third-order valence-electron chi connectivity index (χ3n) is 7.28. The van der Waals surface area contributed by atoms with Crippen LogP contribution in [0.5, 0.6) is 5.75 Å². The molecule has 0 radical (unpaired) electrons. The Kier molecular flexibility index (Phi) is 11.8. The monoisotopic (exact) mass is 691 g/mol. The van der Waals surface area contributed by atoms with Gasteiger partial charge in [0.2, 0.25) is 11.8 Å². The molecule has 0 unspecified atom stereocenters. The van der Waals surface area contributed by atoms with E-state index >= 15 is 0 Å². The number of halogens is 1. The number of methoxy groups -OCH3 is 1. The third-order valence-corrected chi connectivity index (χ3v) is 9.54. The molecule has 2 amide bonds. The van der Waals surface area contributed by atoms with Gasteiger partial charge in [0.25, 0.3) is 10.0 Å². The zero-order valence-electron chi connectivity index (χ0n) is 25.6. The summed E-state index contributed by atoms with van der Waals surface area (Å²) >= 11 is 3.50. The van der Waals surface area contributed by atoms with E-state index in [2.05, 4.69) is 21.2 Å². The van der Waals surface area contributed by atoms with E-state index in [0.29, 0.717) is 12.3 Å². The van der Waals surface area contributed by atoms with Gasteiger partial charge < -0.3 is 15.0 Å². The van der Waals surface area contributed by atoms with Crippen LogP contribution in [0.15, 0.2) is 112 Å². The Morgan fingerprint density at radius 3 is 2.20 bits per heavy atom. The van der Waals surface area contributed by atoms with Crippen molar-refractivity contribution in [1.82, 2.24) is 10.2 Å². The minimum atomic E-state index is -4.23. The number of hydrogen-bond donors (Lipinski definition) is 1.